The maximum Gasteiger partial charge on any atom is 0.220 e. The molecule has 1 heterocycles. The lowest BCUT2D eigenvalue weighted by Crippen LogP contribution is -2.39. The Morgan fingerprint density at radius 1 is 0.875 bits per heavy atom. The summed E-state index contributed by atoms with van der Waals surface area (Å²) >= 11 is 0. The van der Waals surface area contributed by atoms with Gasteiger partial charge in [0, 0.05) is 31.0 Å². The average molecular weight is 651 g/mol. The molecule has 0 aliphatic carbocycles. The van der Waals surface area contributed by atoms with Crippen LogP contribution in [-0.4, -0.2) is 44.7 Å². The van der Waals surface area contributed by atoms with Gasteiger partial charge in [0.15, 0.2) is 11.5 Å². The number of fused-ring (bicyclic) bond motifs is 1. The van der Waals surface area contributed by atoms with Crippen LogP contribution in [0.25, 0.3) is 0 Å². The first-order valence-electron chi connectivity index (χ1n) is 17.5. The van der Waals surface area contributed by atoms with Gasteiger partial charge in [0.05, 0.1) is 14.2 Å². The van der Waals surface area contributed by atoms with Crippen LogP contribution in [0.4, 0.5) is 4.39 Å². The Morgan fingerprint density at radius 2 is 1.48 bits per heavy atom. The number of hydrogen-bond donors (Lipinski definition) is 1. The highest BCUT2D eigenvalue weighted by molar-refractivity contribution is 5.76. The molecule has 1 aliphatic rings. The summed E-state index contributed by atoms with van der Waals surface area (Å²) < 4.78 is 24.6. The molecule has 0 radical (unpaired) electrons. The van der Waals surface area contributed by atoms with Crippen LogP contribution in [-0.2, 0) is 23.1 Å². The van der Waals surface area contributed by atoms with Gasteiger partial charge in [0.2, 0.25) is 5.91 Å². The summed E-state index contributed by atoms with van der Waals surface area (Å²) in [6.07, 6.45) is 5.80. The van der Waals surface area contributed by atoms with Crippen LogP contribution >= 0.6 is 0 Å². The minimum absolute atomic E-state index is 0.0312. The Bertz CT molecular complexity index is 1550. The molecule has 48 heavy (non-hydrogen) atoms. The molecule has 4 aromatic rings. The first kappa shape index (κ1) is 35.2. The molecule has 0 saturated heterocycles. The van der Waals surface area contributed by atoms with Crippen molar-refractivity contribution in [1.29, 1.82) is 0 Å². The number of aryl methyl sites for hydroxylation is 1. The summed E-state index contributed by atoms with van der Waals surface area (Å²) in [4.78, 5) is 15.4. The zero-order valence-electron chi connectivity index (χ0n) is 29.0. The lowest BCUT2D eigenvalue weighted by molar-refractivity contribution is -0.121. The number of ether oxygens (including phenoxy) is 2. The smallest absolute Gasteiger partial charge is 0.220 e. The monoisotopic (exact) mass is 650 g/mol. The predicted octanol–water partition coefficient (Wildman–Crippen LogP) is 8.69. The average Bonchev–Trinajstić information content (AvgIpc) is 3.12. The van der Waals surface area contributed by atoms with E-state index >= 15 is 0 Å². The van der Waals surface area contributed by atoms with Gasteiger partial charge >= 0.3 is 0 Å². The van der Waals surface area contributed by atoms with E-state index in [4.69, 9.17) is 9.47 Å². The standard InChI is InChI=1S/C42H51FN2O3/c1-31(2)41-37-30-39(48-4)38(47-3)29-33(37)23-28-45(41)27-12-25-42(34-13-7-5-8-14-34,35-15-9-6-10-16-35)24-11-26-44-40(46)22-19-32-17-20-36(43)21-18-32/h5-10,13-18,20-21,29-31,41H,11-12,19,22-28H2,1-4H3,(H,44,46). The molecule has 5 nitrogen and oxygen atoms in total. The highest BCUT2D eigenvalue weighted by atomic mass is 19.1. The Kier molecular flexibility index (Phi) is 12.3. The highest BCUT2D eigenvalue weighted by Gasteiger charge is 2.35. The lowest BCUT2D eigenvalue weighted by Gasteiger charge is -2.41. The van der Waals surface area contributed by atoms with E-state index < -0.39 is 0 Å². The number of carbonyl (C=O) groups excluding carboxylic acids is 1. The molecule has 1 amide bonds. The number of carbonyl (C=O) groups is 1. The van der Waals surface area contributed by atoms with Gasteiger partial charge in [0.25, 0.3) is 0 Å². The first-order valence-corrected chi connectivity index (χ1v) is 17.5. The number of benzene rings is 4. The summed E-state index contributed by atoms with van der Waals surface area (Å²) in [6.45, 7) is 7.26. The second-order valence-electron chi connectivity index (χ2n) is 13.4. The van der Waals surface area contributed by atoms with E-state index in [0.717, 1.165) is 62.3 Å². The molecule has 0 fully saturated rings. The number of nitrogens with zero attached hydrogens (tertiary/aromatic N) is 1. The van der Waals surface area contributed by atoms with Crippen LogP contribution in [0.15, 0.2) is 97.1 Å². The van der Waals surface area contributed by atoms with Crippen LogP contribution in [0.1, 0.15) is 79.8 Å². The largest absolute Gasteiger partial charge is 0.493 e. The highest BCUT2D eigenvalue weighted by Crippen LogP contribution is 2.43. The number of amides is 1. The molecular formula is C42H51FN2O3. The van der Waals surface area contributed by atoms with Crippen LogP contribution in [0.5, 0.6) is 11.5 Å². The van der Waals surface area contributed by atoms with E-state index in [9.17, 15) is 9.18 Å². The van der Waals surface area contributed by atoms with Gasteiger partial charge in [-0.15, -0.1) is 0 Å². The second kappa shape index (κ2) is 16.8. The lowest BCUT2D eigenvalue weighted by atomic mass is 9.68. The van der Waals surface area contributed by atoms with Crippen LogP contribution in [0.3, 0.4) is 0 Å². The molecular weight excluding hydrogens is 599 g/mol. The summed E-state index contributed by atoms with van der Waals surface area (Å²) in [5, 5.41) is 3.15. The fourth-order valence-electron chi connectivity index (χ4n) is 7.64. The van der Waals surface area contributed by atoms with Gasteiger partial charge in [-0.05, 0) is 103 Å². The Balaban J connectivity index is 1.30. The fourth-order valence-corrected chi connectivity index (χ4v) is 7.64. The third-order valence-corrected chi connectivity index (χ3v) is 10.0. The van der Waals surface area contributed by atoms with Crippen molar-refractivity contribution in [2.45, 2.75) is 70.3 Å². The predicted molar refractivity (Wildman–Crippen MR) is 192 cm³/mol. The van der Waals surface area contributed by atoms with Crippen molar-refractivity contribution in [2.75, 3.05) is 33.9 Å². The Morgan fingerprint density at radius 3 is 2.08 bits per heavy atom. The van der Waals surface area contributed by atoms with Crippen molar-refractivity contribution in [2.24, 2.45) is 5.92 Å². The van der Waals surface area contributed by atoms with E-state index in [1.165, 1.54) is 34.4 Å². The molecule has 0 saturated carbocycles. The number of rotatable bonds is 16. The van der Waals surface area contributed by atoms with E-state index in [1.54, 1.807) is 26.4 Å². The van der Waals surface area contributed by atoms with Crippen molar-refractivity contribution in [3.8, 4) is 11.5 Å². The Labute approximate surface area is 286 Å². The van der Waals surface area contributed by atoms with Crippen LogP contribution in [0.2, 0.25) is 0 Å². The maximum absolute atomic E-state index is 13.3. The van der Waals surface area contributed by atoms with E-state index in [-0.39, 0.29) is 17.1 Å². The van der Waals surface area contributed by atoms with Gasteiger partial charge < -0.3 is 14.8 Å². The van der Waals surface area contributed by atoms with E-state index in [0.29, 0.717) is 31.3 Å². The summed E-state index contributed by atoms with van der Waals surface area (Å²) in [5.74, 6) is 1.81. The SMILES string of the molecule is COc1cc2c(cc1OC)C(C(C)C)N(CCCC(CCCNC(=O)CCc1ccc(F)cc1)(c1ccccc1)c1ccccc1)CC2. The molecule has 5 rings (SSSR count). The van der Waals surface area contributed by atoms with Crippen molar-refractivity contribution in [1.82, 2.24) is 10.2 Å². The van der Waals surface area contributed by atoms with Crippen molar-refractivity contribution in [3.63, 3.8) is 0 Å². The molecule has 1 atom stereocenters. The first-order chi connectivity index (χ1) is 23.3. The van der Waals surface area contributed by atoms with E-state index in [1.807, 2.05) is 0 Å². The number of halogens is 1. The van der Waals surface area contributed by atoms with Gasteiger partial charge in [-0.2, -0.15) is 0 Å². The van der Waals surface area contributed by atoms with Crippen molar-refractivity contribution < 1.29 is 18.7 Å². The molecule has 254 valence electrons. The molecule has 1 N–H and O–H groups in total. The molecule has 4 aromatic carbocycles. The molecule has 1 unspecified atom stereocenters. The Hall–Kier alpha value is -4.16. The minimum atomic E-state index is -0.258. The zero-order valence-corrected chi connectivity index (χ0v) is 29.0. The molecule has 6 heteroatoms. The minimum Gasteiger partial charge on any atom is -0.493 e. The molecule has 0 bridgehead atoms. The second-order valence-corrected chi connectivity index (χ2v) is 13.4. The maximum atomic E-state index is 13.3. The van der Waals surface area contributed by atoms with Gasteiger partial charge in [-0.1, -0.05) is 86.6 Å². The number of methoxy groups -OCH3 is 2. The third kappa shape index (κ3) is 8.46. The van der Waals surface area contributed by atoms with Gasteiger partial charge in [-0.25, -0.2) is 4.39 Å². The van der Waals surface area contributed by atoms with Crippen molar-refractivity contribution >= 4 is 5.91 Å². The topological polar surface area (TPSA) is 50.8 Å². The van der Waals surface area contributed by atoms with Crippen LogP contribution < -0.4 is 14.8 Å². The molecule has 1 aliphatic heterocycles. The van der Waals surface area contributed by atoms with Crippen molar-refractivity contribution in [3.05, 3.63) is 131 Å². The fraction of sp³-hybridized carbons (Fsp3) is 0.405. The molecule has 0 spiro atoms. The summed E-state index contributed by atoms with van der Waals surface area (Å²) in [5.41, 5.74) is 6.13. The number of nitrogens with one attached hydrogen (secondary N) is 1. The summed E-state index contributed by atoms with van der Waals surface area (Å²) in [7, 11) is 3.41. The van der Waals surface area contributed by atoms with E-state index in [2.05, 4.69) is 96.9 Å². The summed E-state index contributed by atoms with van der Waals surface area (Å²) in [6, 6.07) is 32.8. The molecule has 0 aromatic heterocycles. The van der Waals surface area contributed by atoms with Crippen LogP contribution in [0, 0.1) is 11.7 Å². The number of hydrogen-bond acceptors (Lipinski definition) is 4. The normalized spacial score (nSPS) is 14.8. The quantitative estimate of drug-likeness (QED) is 0.123. The van der Waals surface area contributed by atoms with Gasteiger partial charge in [-0.3, -0.25) is 9.69 Å². The third-order valence-electron chi connectivity index (χ3n) is 10.0. The zero-order chi connectivity index (χ0) is 33.9. The van der Waals surface area contributed by atoms with Gasteiger partial charge in [0.1, 0.15) is 5.82 Å².